The van der Waals surface area contributed by atoms with Crippen molar-refractivity contribution in [3.05, 3.63) is 16.3 Å². The van der Waals surface area contributed by atoms with Crippen molar-refractivity contribution >= 4 is 21.4 Å². The topological polar surface area (TPSA) is 72.2 Å². The summed E-state index contributed by atoms with van der Waals surface area (Å²) in [4.78, 5) is 1.25. The van der Waals surface area contributed by atoms with Crippen LogP contribution in [0.25, 0.3) is 0 Å². The molecule has 0 aromatic carbocycles. The smallest absolute Gasteiger partial charge is 0.241 e. The zero-order valence-electron chi connectivity index (χ0n) is 9.85. The molecular weight excluding hydrogens is 256 g/mol. The molecule has 2 unspecified atom stereocenters. The van der Waals surface area contributed by atoms with E-state index in [1.807, 2.05) is 0 Å². The van der Waals surface area contributed by atoms with Gasteiger partial charge < -0.3 is 5.73 Å². The molecule has 4 nitrogen and oxygen atoms in total. The van der Waals surface area contributed by atoms with Gasteiger partial charge >= 0.3 is 0 Å². The summed E-state index contributed by atoms with van der Waals surface area (Å²) in [6.07, 6.45) is 3.19. The molecule has 0 saturated heterocycles. The molecule has 0 spiro atoms. The lowest BCUT2D eigenvalue weighted by Gasteiger charge is -2.03. The number of thiophene rings is 1. The molecule has 1 aromatic rings. The lowest BCUT2D eigenvalue weighted by Crippen LogP contribution is -2.26. The van der Waals surface area contributed by atoms with Crippen molar-refractivity contribution in [2.24, 2.45) is 11.7 Å². The fourth-order valence-corrected chi connectivity index (χ4v) is 4.43. The van der Waals surface area contributed by atoms with Crippen molar-refractivity contribution in [2.45, 2.75) is 43.7 Å². The maximum Gasteiger partial charge on any atom is 0.241 e. The quantitative estimate of drug-likeness (QED) is 0.829. The Bertz CT molecular complexity index is 481. The molecule has 96 valence electrons. The lowest BCUT2D eigenvalue weighted by molar-refractivity contribution is 0.573. The number of nitrogens with two attached hydrogens (primary N) is 1. The fourth-order valence-electron chi connectivity index (χ4n) is 1.96. The predicted molar refractivity (Wildman–Crippen MR) is 69.3 cm³/mol. The Labute approximate surface area is 106 Å². The Morgan fingerprint density at radius 3 is 2.94 bits per heavy atom. The lowest BCUT2D eigenvalue weighted by atomic mass is 10.2. The SMILES string of the molecule is CCCC1CC1NS(=O)(=O)c1csc(CN)c1. The molecule has 1 aromatic heterocycles. The second-order valence-electron chi connectivity index (χ2n) is 4.47. The van der Waals surface area contributed by atoms with E-state index < -0.39 is 10.0 Å². The summed E-state index contributed by atoms with van der Waals surface area (Å²) < 4.78 is 26.8. The summed E-state index contributed by atoms with van der Waals surface area (Å²) in [6, 6.07) is 1.80. The standard InChI is InChI=1S/C11H18N2O2S2/c1-2-3-8-4-11(8)13-17(14,15)10-5-9(6-12)16-7-10/h5,7-8,11,13H,2-4,6,12H2,1H3. The van der Waals surface area contributed by atoms with Crippen LogP contribution >= 0.6 is 11.3 Å². The minimum atomic E-state index is -3.33. The van der Waals surface area contributed by atoms with E-state index in [9.17, 15) is 8.42 Å². The van der Waals surface area contributed by atoms with E-state index in [0.717, 1.165) is 24.1 Å². The average molecular weight is 274 g/mol. The fraction of sp³-hybridized carbons (Fsp3) is 0.636. The van der Waals surface area contributed by atoms with Crippen molar-refractivity contribution in [3.8, 4) is 0 Å². The van der Waals surface area contributed by atoms with Gasteiger partial charge in [0.05, 0.1) is 4.90 Å². The van der Waals surface area contributed by atoms with Crippen LogP contribution < -0.4 is 10.5 Å². The van der Waals surface area contributed by atoms with Gasteiger partial charge in [-0.15, -0.1) is 11.3 Å². The first-order valence-corrected chi connectivity index (χ1v) is 8.23. The highest BCUT2D eigenvalue weighted by Crippen LogP contribution is 2.35. The van der Waals surface area contributed by atoms with E-state index in [-0.39, 0.29) is 6.04 Å². The number of hydrogen-bond acceptors (Lipinski definition) is 4. The molecule has 1 heterocycles. The van der Waals surface area contributed by atoms with Gasteiger partial charge in [-0.2, -0.15) is 0 Å². The van der Waals surface area contributed by atoms with E-state index >= 15 is 0 Å². The highest BCUT2D eigenvalue weighted by Gasteiger charge is 2.39. The molecule has 1 aliphatic carbocycles. The summed E-state index contributed by atoms with van der Waals surface area (Å²) >= 11 is 1.39. The molecule has 0 radical (unpaired) electrons. The first-order chi connectivity index (χ1) is 8.06. The van der Waals surface area contributed by atoms with Crippen LogP contribution in [-0.4, -0.2) is 14.5 Å². The summed E-state index contributed by atoms with van der Waals surface area (Å²) in [5.74, 6) is 0.530. The van der Waals surface area contributed by atoms with Crippen LogP contribution in [0.2, 0.25) is 0 Å². The van der Waals surface area contributed by atoms with Crippen molar-refractivity contribution in [1.82, 2.24) is 4.72 Å². The largest absolute Gasteiger partial charge is 0.326 e. The van der Waals surface area contributed by atoms with Crippen molar-refractivity contribution in [2.75, 3.05) is 0 Å². The highest BCUT2D eigenvalue weighted by molar-refractivity contribution is 7.89. The molecular formula is C11H18N2O2S2. The van der Waals surface area contributed by atoms with E-state index in [4.69, 9.17) is 5.73 Å². The zero-order valence-corrected chi connectivity index (χ0v) is 11.5. The molecule has 0 aliphatic heterocycles. The Morgan fingerprint density at radius 2 is 2.35 bits per heavy atom. The van der Waals surface area contributed by atoms with Gasteiger partial charge in [-0.1, -0.05) is 13.3 Å². The minimum absolute atomic E-state index is 0.140. The second kappa shape index (κ2) is 5.06. The van der Waals surface area contributed by atoms with Crippen LogP contribution in [-0.2, 0) is 16.6 Å². The maximum atomic E-state index is 12.0. The van der Waals surface area contributed by atoms with Gasteiger partial charge in [-0.05, 0) is 24.8 Å². The monoisotopic (exact) mass is 274 g/mol. The molecule has 3 N–H and O–H groups in total. The van der Waals surface area contributed by atoms with E-state index in [1.54, 1.807) is 11.4 Å². The van der Waals surface area contributed by atoms with Crippen molar-refractivity contribution in [1.29, 1.82) is 0 Å². The van der Waals surface area contributed by atoms with Gasteiger partial charge in [-0.3, -0.25) is 0 Å². The number of rotatable bonds is 6. The number of hydrogen-bond donors (Lipinski definition) is 2. The van der Waals surface area contributed by atoms with Gasteiger partial charge in [-0.25, -0.2) is 13.1 Å². The van der Waals surface area contributed by atoms with Crippen LogP contribution in [0.4, 0.5) is 0 Å². The summed E-state index contributed by atoms with van der Waals surface area (Å²) in [5, 5.41) is 1.65. The van der Waals surface area contributed by atoms with Gasteiger partial charge in [0.2, 0.25) is 10.0 Å². The van der Waals surface area contributed by atoms with Crippen LogP contribution in [0.3, 0.4) is 0 Å². The molecule has 2 rings (SSSR count). The van der Waals surface area contributed by atoms with Crippen molar-refractivity contribution < 1.29 is 8.42 Å². The molecule has 1 fully saturated rings. The first-order valence-electron chi connectivity index (χ1n) is 5.86. The zero-order chi connectivity index (χ0) is 12.5. The molecule has 2 atom stereocenters. The molecule has 1 saturated carbocycles. The van der Waals surface area contributed by atoms with E-state index in [0.29, 0.717) is 17.4 Å². The summed E-state index contributed by atoms with van der Waals surface area (Å²) in [7, 11) is -3.33. The third-order valence-electron chi connectivity index (χ3n) is 3.03. The summed E-state index contributed by atoms with van der Waals surface area (Å²) in [6.45, 7) is 2.51. The summed E-state index contributed by atoms with van der Waals surface area (Å²) in [5.41, 5.74) is 5.48. The third-order valence-corrected chi connectivity index (χ3v) is 5.61. The van der Waals surface area contributed by atoms with Crippen molar-refractivity contribution in [3.63, 3.8) is 0 Å². The van der Waals surface area contributed by atoms with Gasteiger partial charge in [0.15, 0.2) is 0 Å². The Morgan fingerprint density at radius 1 is 1.59 bits per heavy atom. The minimum Gasteiger partial charge on any atom is -0.326 e. The maximum absolute atomic E-state index is 12.0. The van der Waals surface area contributed by atoms with Gasteiger partial charge in [0.1, 0.15) is 0 Å². The average Bonchev–Trinajstić information content (AvgIpc) is 2.84. The van der Waals surface area contributed by atoms with Crippen LogP contribution in [0, 0.1) is 5.92 Å². The van der Waals surface area contributed by atoms with E-state index in [2.05, 4.69) is 11.6 Å². The molecule has 1 aliphatic rings. The Kier molecular flexibility index (Phi) is 3.87. The predicted octanol–water partition coefficient (Wildman–Crippen LogP) is 1.67. The van der Waals surface area contributed by atoms with Gasteiger partial charge in [0, 0.05) is 22.8 Å². The van der Waals surface area contributed by atoms with Crippen LogP contribution in [0.1, 0.15) is 31.1 Å². The molecule has 17 heavy (non-hydrogen) atoms. The van der Waals surface area contributed by atoms with Crippen LogP contribution in [0.5, 0.6) is 0 Å². The molecule has 0 bridgehead atoms. The number of nitrogens with one attached hydrogen (secondary N) is 1. The second-order valence-corrected chi connectivity index (χ2v) is 7.17. The Hall–Kier alpha value is -0.430. The Balaban J connectivity index is 2.00. The van der Waals surface area contributed by atoms with E-state index in [1.165, 1.54) is 11.3 Å². The highest BCUT2D eigenvalue weighted by atomic mass is 32.2. The van der Waals surface area contributed by atoms with Gasteiger partial charge in [0.25, 0.3) is 0 Å². The van der Waals surface area contributed by atoms with Crippen LogP contribution in [0.15, 0.2) is 16.3 Å². The third kappa shape index (κ3) is 3.07. The first kappa shape index (κ1) is 13.0. The molecule has 0 amide bonds. The molecule has 6 heteroatoms. The number of sulfonamides is 1. The normalized spacial score (nSPS) is 23.9.